The lowest BCUT2D eigenvalue weighted by Gasteiger charge is -2.30. The molecule has 4 amide bonds. The van der Waals surface area contributed by atoms with Crippen LogP contribution < -0.4 is 31.9 Å². The molecule has 12 heteroatoms. The van der Waals surface area contributed by atoms with E-state index in [1.165, 1.54) is 31.0 Å². The van der Waals surface area contributed by atoms with Gasteiger partial charge in [-0.15, -0.1) is 11.8 Å². The molecule has 1 aliphatic heterocycles. The summed E-state index contributed by atoms with van der Waals surface area (Å²) in [6, 6.07) is 7.30. The molecule has 1 aliphatic carbocycles. The van der Waals surface area contributed by atoms with Crippen molar-refractivity contribution in [2.75, 3.05) is 19.6 Å². The minimum Gasteiger partial charge on any atom is -0.390 e. The van der Waals surface area contributed by atoms with Crippen LogP contribution in [-0.2, 0) is 25.6 Å². The van der Waals surface area contributed by atoms with Crippen molar-refractivity contribution >= 4 is 35.4 Å². The number of likely N-dealkylation sites (N-methyl/N-ethyl adjacent to an activating group) is 1. The van der Waals surface area contributed by atoms with E-state index in [-0.39, 0.29) is 48.7 Å². The predicted octanol–water partition coefficient (Wildman–Crippen LogP) is 1.98. The lowest BCUT2D eigenvalue weighted by molar-refractivity contribution is -0.129. The number of thioether (sulfide) groups is 1. The summed E-state index contributed by atoms with van der Waals surface area (Å²) in [5, 5.41) is 28.4. The molecule has 258 valence electrons. The van der Waals surface area contributed by atoms with Crippen molar-refractivity contribution < 1.29 is 24.3 Å². The predicted molar refractivity (Wildman–Crippen MR) is 183 cm³/mol. The molecule has 0 bridgehead atoms. The third-order valence-corrected chi connectivity index (χ3v) is 9.90. The van der Waals surface area contributed by atoms with Gasteiger partial charge in [0.1, 0.15) is 12.1 Å². The summed E-state index contributed by atoms with van der Waals surface area (Å²) in [6.45, 7) is 12.0. The Hall–Kier alpha value is -2.67. The fraction of sp³-hybridized carbons (Fsp3) is 0.706. The summed E-state index contributed by atoms with van der Waals surface area (Å²) in [5.41, 5.74) is 0.469. The van der Waals surface area contributed by atoms with Crippen molar-refractivity contribution in [2.24, 2.45) is 5.92 Å². The Morgan fingerprint density at radius 1 is 1.00 bits per heavy atom. The maximum atomic E-state index is 13.4. The Bertz CT molecular complexity index is 1150. The van der Waals surface area contributed by atoms with E-state index >= 15 is 0 Å². The van der Waals surface area contributed by atoms with Gasteiger partial charge in [0, 0.05) is 29.9 Å². The highest BCUT2D eigenvalue weighted by Crippen LogP contribution is 2.39. The molecular weight excluding hydrogens is 604 g/mol. The Morgan fingerprint density at radius 2 is 1.67 bits per heavy atom. The van der Waals surface area contributed by atoms with Crippen LogP contribution in [0.5, 0.6) is 0 Å². The first-order valence-corrected chi connectivity index (χ1v) is 17.6. The highest BCUT2D eigenvalue weighted by atomic mass is 32.2. The van der Waals surface area contributed by atoms with E-state index in [1.807, 2.05) is 71.9 Å². The van der Waals surface area contributed by atoms with Gasteiger partial charge in [0.25, 0.3) is 0 Å². The molecule has 1 saturated heterocycles. The Labute approximate surface area is 279 Å². The molecule has 0 radical (unpaired) electrons. The summed E-state index contributed by atoms with van der Waals surface area (Å²) >= 11 is 1.42. The molecule has 1 heterocycles. The molecule has 1 saturated carbocycles. The number of hydrogen-bond acceptors (Lipinski definition) is 8. The maximum absolute atomic E-state index is 13.4. The first-order valence-electron chi connectivity index (χ1n) is 16.7. The van der Waals surface area contributed by atoms with E-state index in [0.717, 1.165) is 18.4 Å². The van der Waals surface area contributed by atoms with Crippen LogP contribution in [0.3, 0.4) is 0 Å². The van der Waals surface area contributed by atoms with Crippen molar-refractivity contribution in [2.45, 2.75) is 126 Å². The van der Waals surface area contributed by atoms with Crippen LogP contribution in [-0.4, -0.2) is 88.3 Å². The molecule has 1 aromatic rings. The molecular formula is C34H56N6O5S. The second-order valence-corrected chi connectivity index (χ2v) is 16.0. The molecule has 3 rings (SSSR count). The first-order chi connectivity index (χ1) is 21.7. The molecule has 0 aromatic heterocycles. The normalized spacial score (nSPS) is 21.9. The van der Waals surface area contributed by atoms with Gasteiger partial charge in [-0.1, -0.05) is 62.4 Å². The van der Waals surface area contributed by atoms with Crippen LogP contribution in [0.1, 0.15) is 85.6 Å². The van der Waals surface area contributed by atoms with Crippen molar-refractivity contribution in [3.63, 3.8) is 0 Å². The van der Waals surface area contributed by atoms with Gasteiger partial charge >= 0.3 is 0 Å². The van der Waals surface area contributed by atoms with Gasteiger partial charge in [-0.3, -0.25) is 24.5 Å². The Morgan fingerprint density at radius 3 is 2.30 bits per heavy atom. The number of hydrogen-bond donors (Lipinski definition) is 7. The Kier molecular flexibility index (Phi) is 14.4. The van der Waals surface area contributed by atoms with Crippen molar-refractivity contribution in [3.05, 3.63) is 35.9 Å². The van der Waals surface area contributed by atoms with Gasteiger partial charge in [0.2, 0.25) is 23.6 Å². The summed E-state index contributed by atoms with van der Waals surface area (Å²) in [7, 11) is 0. The molecule has 2 fully saturated rings. The van der Waals surface area contributed by atoms with Gasteiger partial charge in [-0.25, -0.2) is 0 Å². The quantitative estimate of drug-likeness (QED) is 0.150. The minimum absolute atomic E-state index is 0.0000259. The van der Waals surface area contributed by atoms with E-state index in [0.29, 0.717) is 18.9 Å². The second kappa shape index (κ2) is 17.5. The number of carbonyl (C=O) groups is 4. The summed E-state index contributed by atoms with van der Waals surface area (Å²) in [6.07, 6.45) is 5.77. The van der Waals surface area contributed by atoms with Crippen LogP contribution in [0.2, 0.25) is 0 Å². The molecule has 1 unspecified atom stereocenters. The number of nitrogens with one attached hydrogen (secondary N) is 6. The van der Waals surface area contributed by atoms with E-state index < -0.39 is 34.4 Å². The van der Waals surface area contributed by atoms with Crippen LogP contribution in [0.25, 0.3) is 0 Å². The van der Waals surface area contributed by atoms with Gasteiger partial charge < -0.3 is 31.7 Å². The fourth-order valence-corrected chi connectivity index (χ4v) is 7.58. The molecule has 5 atom stereocenters. The molecule has 11 nitrogen and oxygen atoms in total. The van der Waals surface area contributed by atoms with Crippen molar-refractivity contribution in [1.82, 2.24) is 31.9 Å². The largest absolute Gasteiger partial charge is 0.390 e. The third kappa shape index (κ3) is 12.2. The van der Waals surface area contributed by atoms with E-state index in [1.54, 1.807) is 0 Å². The molecule has 0 spiro atoms. The number of aliphatic hydroxyl groups is 1. The first kappa shape index (κ1) is 37.8. The maximum Gasteiger partial charge on any atom is 0.245 e. The minimum atomic E-state index is -0.909. The molecule has 46 heavy (non-hydrogen) atoms. The zero-order valence-corrected chi connectivity index (χ0v) is 29.2. The van der Waals surface area contributed by atoms with Crippen LogP contribution in [0.15, 0.2) is 30.3 Å². The van der Waals surface area contributed by atoms with Gasteiger partial charge in [0.05, 0.1) is 23.9 Å². The highest BCUT2D eigenvalue weighted by molar-refractivity contribution is 8.01. The van der Waals surface area contributed by atoms with Crippen LogP contribution >= 0.6 is 11.8 Å². The monoisotopic (exact) mass is 660 g/mol. The van der Waals surface area contributed by atoms with E-state index in [2.05, 4.69) is 31.9 Å². The van der Waals surface area contributed by atoms with Crippen molar-refractivity contribution in [3.8, 4) is 0 Å². The standard InChI is InChI=1S/C34H56N6O5S/c1-7-35-30(44)27(38-26(42)19-23-16-12-9-13-17-23)32-39-28(34(5,6)46-32)31(45)37-21-24(41)20-36-25(29(43)40-33(2,3)4)18-22-14-10-8-11-15-22/h9,12-13,16-17,22,24-25,27-28,32,36,39,41H,7-8,10-11,14-15,18-21H2,1-6H3,(H,35,44)(H,37,45)(H,38,42)(H,40,43)/t24?,25-,27+,28-,32+/m0/s1. The number of amides is 4. The lowest BCUT2D eigenvalue weighted by Crippen LogP contribution is -2.58. The second-order valence-electron chi connectivity index (χ2n) is 14.2. The summed E-state index contributed by atoms with van der Waals surface area (Å²) < 4.78 is -0.608. The smallest absolute Gasteiger partial charge is 0.245 e. The SMILES string of the molecule is CCNC(=O)[C@@H](NC(=O)Cc1ccccc1)[C@@H]1N[C@@H](C(=O)NCC(O)CN[C@@H](CC2CCCCC2)C(=O)NC(C)(C)C)C(C)(C)S1. The zero-order chi connectivity index (χ0) is 33.9. The van der Waals surface area contributed by atoms with Gasteiger partial charge in [-0.2, -0.15) is 0 Å². The Balaban J connectivity index is 1.57. The molecule has 1 aromatic carbocycles. The lowest BCUT2D eigenvalue weighted by atomic mass is 9.84. The number of carbonyl (C=O) groups excluding carboxylic acids is 4. The van der Waals surface area contributed by atoms with Crippen LogP contribution in [0, 0.1) is 5.92 Å². The summed E-state index contributed by atoms with van der Waals surface area (Å²) in [5.74, 6) is -0.531. The number of rotatable bonds is 15. The van der Waals surface area contributed by atoms with Gasteiger partial charge in [0.15, 0.2) is 0 Å². The molecule has 2 aliphatic rings. The fourth-order valence-electron chi connectivity index (χ4n) is 6.09. The van der Waals surface area contributed by atoms with Crippen molar-refractivity contribution in [1.29, 1.82) is 0 Å². The average molecular weight is 661 g/mol. The average Bonchev–Trinajstić information content (AvgIpc) is 3.31. The van der Waals surface area contributed by atoms with Crippen LogP contribution in [0.4, 0.5) is 0 Å². The van der Waals surface area contributed by atoms with Gasteiger partial charge in [-0.05, 0) is 59.4 Å². The topological polar surface area (TPSA) is 161 Å². The zero-order valence-electron chi connectivity index (χ0n) is 28.4. The molecule has 7 N–H and O–H groups in total. The number of aliphatic hydroxyl groups excluding tert-OH is 1. The van der Waals surface area contributed by atoms with E-state index in [4.69, 9.17) is 0 Å². The van der Waals surface area contributed by atoms with E-state index in [9.17, 15) is 24.3 Å². The third-order valence-electron chi connectivity index (χ3n) is 8.40. The number of benzene rings is 1. The summed E-state index contributed by atoms with van der Waals surface area (Å²) in [4.78, 5) is 52.4. The highest BCUT2D eigenvalue weighted by Gasteiger charge is 2.49.